The molecule has 1 saturated carbocycles. The van der Waals surface area contributed by atoms with Gasteiger partial charge in [-0.05, 0) is 30.6 Å². The first-order chi connectivity index (χ1) is 8.36. The lowest BCUT2D eigenvalue weighted by Crippen LogP contribution is -2.41. The van der Waals surface area contributed by atoms with E-state index in [1.807, 2.05) is 6.92 Å². The SMILES string of the molecule is Cc1nnc(SC2CC(C(C)(C)C)CCC2N)o1. The van der Waals surface area contributed by atoms with E-state index in [2.05, 4.69) is 31.0 Å². The van der Waals surface area contributed by atoms with Crippen LogP contribution in [0.3, 0.4) is 0 Å². The molecule has 1 aromatic rings. The smallest absolute Gasteiger partial charge is 0.276 e. The minimum Gasteiger partial charge on any atom is -0.416 e. The average molecular weight is 269 g/mol. The first-order valence-electron chi connectivity index (χ1n) is 6.58. The molecule has 0 aliphatic heterocycles. The lowest BCUT2D eigenvalue weighted by molar-refractivity contribution is 0.173. The Kier molecular flexibility index (Phi) is 4.02. The quantitative estimate of drug-likeness (QED) is 0.894. The van der Waals surface area contributed by atoms with Gasteiger partial charge in [-0.3, -0.25) is 0 Å². The van der Waals surface area contributed by atoms with Crippen LogP contribution < -0.4 is 5.73 Å². The van der Waals surface area contributed by atoms with Crippen molar-refractivity contribution in [3.8, 4) is 0 Å². The fourth-order valence-electron chi connectivity index (χ4n) is 2.53. The second-order valence-electron chi connectivity index (χ2n) is 6.28. The highest BCUT2D eigenvalue weighted by atomic mass is 32.2. The van der Waals surface area contributed by atoms with Crippen molar-refractivity contribution in [2.24, 2.45) is 17.1 Å². The van der Waals surface area contributed by atoms with Crippen molar-refractivity contribution >= 4 is 11.8 Å². The maximum atomic E-state index is 6.23. The highest BCUT2D eigenvalue weighted by Gasteiger charge is 2.35. The summed E-state index contributed by atoms with van der Waals surface area (Å²) < 4.78 is 5.44. The van der Waals surface area contributed by atoms with Gasteiger partial charge in [0.05, 0.1) is 0 Å². The van der Waals surface area contributed by atoms with E-state index in [9.17, 15) is 0 Å². The molecule has 5 heteroatoms. The fraction of sp³-hybridized carbons (Fsp3) is 0.846. The highest BCUT2D eigenvalue weighted by molar-refractivity contribution is 7.99. The fourth-order valence-corrected chi connectivity index (χ4v) is 3.69. The first kappa shape index (κ1) is 13.9. The Hall–Kier alpha value is -0.550. The molecule has 3 atom stereocenters. The van der Waals surface area contributed by atoms with Crippen molar-refractivity contribution in [1.82, 2.24) is 10.2 Å². The van der Waals surface area contributed by atoms with Gasteiger partial charge in [0.25, 0.3) is 5.22 Å². The van der Waals surface area contributed by atoms with Gasteiger partial charge in [0, 0.05) is 18.2 Å². The van der Waals surface area contributed by atoms with Crippen LogP contribution in [0.15, 0.2) is 9.64 Å². The van der Waals surface area contributed by atoms with E-state index >= 15 is 0 Å². The Morgan fingerprint density at radius 1 is 1.28 bits per heavy atom. The van der Waals surface area contributed by atoms with Gasteiger partial charge in [0.1, 0.15) is 0 Å². The molecule has 1 heterocycles. The van der Waals surface area contributed by atoms with E-state index in [0.717, 1.165) is 18.8 Å². The van der Waals surface area contributed by atoms with Crippen molar-refractivity contribution in [1.29, 1.82) is 0 Å². The van der Waals surface area contributed by atoms with E-state index < -0.39 is 0 Å². The molecule has 1 aliphatic carbocycles. The minimum absolute atomic E-state index is 0.237. The third-order valence-electron chi connectivity index (χ3n) is 3.83. The van der Waals surface area contributed by atoms with E-state index in [0.29, 0.717) is 21.8 Å². The van der Waals surface area contributed by atoms with Crippen LogP contribution in [0.2, 0.25) is 0 Å². The largest absolute Gasteiger partial charge is 0.416 e. The summed E-state index contributed by atoms with van der Waals surface area (Å²) in [7, 11) is 0. The summed E-state index contributed by atoms with van der Waals surface area (Å²) in [5.41, 5.74) is 6.58. The summed E-state index contributed by atoms with van der Waals surface area (Å²) >= 11 is 1.65. The lowest BCUT2D eigenvalue weighted by Gasteiger charge is -2.39. The Morgan fingerprint density at radius 2 is 2.00 bits per heavy atom. The maximum absolute atomic E-state index is 6.23. The van der Waals surface area contributed by atoms with E-state index in [1.54, 1.807) is 11.8 Å². The molecule has 1 fully saturated rings. The molecule has 0 radical (unpaired) electrons. The average Bonchev–Trinajstić information content (AvgIpc) is 2.66. The van der Waals surface area contributed by atoms with Crippen LogP contribution in [-0.4, -0.2) is 21.5 Å². The van der Waals surface area contributed by atoms with Gasteiger partial charge in [-0.15, -0.1) is 10.2 Å². The van der Waals surface area contributed by atoms with Crippen LogP contribution in [0.1, 0.15) is 45.9 Å². The van der Waals surface area contributed by atoms with Gasteiger partial charge in [-0.25, -0.2) is 0 Å². The zero-order chi connectivity index (χ0) is 13.3. The van der Waals surface area contributed by atoms with Crippen molar-refractivity contribution in [2.75, 3.05) is 0 Å². The molecule has 18 heavy (non-hydrogen) atoms. The normalized spacial score (nSPS) is 29.5. The third-order valence-corrected chi connectivity index (χ3v) is 5.04. The predicted molar refractivity (Wildman–Crippen MR) is 73.5 cm³/mol. The predicted octanol–water partition coefficient (Wildman–Crippen LogP) is 3.01. The zero-order valence-corrected chi connectivity index (χ0v) is 12.5. The van der Waals surface area contributed by atoms with E-state index in [1.165, 1.54) is 6.42 Å². The Morgan fingerprint density at radius 3 is 2.56 bits per heavy atom. The number of nitrogens with two attached hydrogens (primary N) is 1. The second kappa shape index (κ2) is 5.21. The van der Waals surface area contributed by atoms with Crippen molar-refractivity contribution < 1.29 is 4.42 Å². The summed E-state index contributed by atoms with van der Waals surface area (Å²) in [4.78, 5) is 0. The monoisotopic (exact) mass is 269 g/mol. The molecule has 1 aromatic heterocycles. The molecule has 102 valence electrons. The molecule has 0 spiro atoms. The van der Waals surface area contributed by atoms with Crippen LogP contribution in [-0.2, 0) is 0 Å². The number of hydrogen-bond acceptors (Lipinski definition) is 5. The number of rotatable bonds is 2. The maximum Gasteiger partial charge on any atom is 0.276 e. The molecule has 0 aromatic carbocycles. The Labute approximate surface area is 113 Å². The van der Waals surface area contributed by atoms with Gasteiger partial charge in [-0.1, -0.05) is 32.5 Å². The highest BCUT2D eigenvalue weighted by Crippen LogP contribution is 2.42. The minimum atomic E-state index is 0.237. The molecule has 2 N–H and O–H groups in total. The first-order valence-corrected chi connectivity index (χ1v) is 7.46. The number of aryl methyl sites for hydroxylation is 1. The van der Waals surface area contributed by atoms with Crippen molar-refractivity contribution in [2.45, 2.75) is 63.5 Å². The van der Waals surface area contributed by atoms with Gasteiger partial charge < -0.3 is 10.2 Å². The standard InChI is InChI=1S/C13H23N3OS/c1-8-15-16-12(17-8)18-11-7-9(13(2,3)4)5-6-10(11)14/h9-11H,5-7,14H2,1-4H3. The molecule has 1 aliphatic rings. The molecule has 0 saturated heterocycles. The molecule has 0 amide bonds. The van der Waals surface area contributed by atoms with Crippen molar-refractivity contribution in [3.63, 3.8) is 0 Å². The van der Waals surface area contributed by atoms with Crippen LogP contribution in [0.25, 0.3) is 0 Å². The third kappa shape index (κ3) is 3.26. The van der Waals surface area contributed by atoms with Gasteiger partial charge in [-0.2, -0.15) is 0 Å². The van der Waals surface area contributed by atoms with E-state index in [-0.39, 0.29) is 6.04 Å². The molecule has 2 rings (SSSR count). The summed E-state index contributed by atoms with van der Waals surface area (Å²) in [6.07, 6.45) is 3.45. The zero-order valence-electron chi connectivity index (χ0n) is 11.6. The molecule has 4 nitrogen and oxygen atoms in total. The van der Waals surface area contributed by atoms with Gasteiger partial charge >= 0.3 is 0 Å². The van der Waals surface area contributed by atoms with Gasteiger partial charge in [0.15, 0.2) is 0 Å². The van der Waals surface area contributed by atoms with Crippen LogP contribution in [0.4, 0.5) is 0 Å². The number of thioether (sulfide) groups is 1. The number of aromatic nitrogens is 2. The molecular formula is C13H23N3OS. The summed E-state index contributed by atoms with van der Waals surface area (Å²) in [6.45, 7) is 8.75. The van der Waals surface area contributed by atoms with Crippen LogP contribution in [0, 0.1) is 18.3 Å². The summed E-state index contributed by atoms with van der Waals surface area (Å²) in [5.74, 6) is 1.34. The topological polar surface area (TPSA) is 64.9 Å². The van der Waals surface area contributed by atoms with Crippen LogP contribution >= 0.6 is 11.8 Å². The van der Waals surface area contributed by atoms with E-state index in [4.69, 9.17) is 10.2 Å². The summed E-state index contributed by atoms with van der Waals surface area (Å²) in [5, 5.41) is 8.97. The number of hydrogen-bond donors (Lipinski definition) is 1. The second-order valence-corrected chi connectivity index (χ2v) is 7.47. The molecule has 0 bridgehead atoms. The molecule has 3 unspecified atom stereocenters. The Balaban J connectivity index is 2.02. The van der Waals surface area contributed by atoms with Gasteiger partial charge in [0.2, 0.25) is 5.89 Å². The van der Waals surface area contributed by atoms with Crippen LogP contribution in [0.5, 0.6) is 0 Å². The number of nitrogens with zero attached hydrogens (tertiary/aromatic N) is 2. The summed E-state index contributed by atoms with van der Waals surface area (Å²) in [6, 6.07) is 0.237. The molecular weight excluding hydrogens is 246 g/mol. The van der Waals surface area contributed by atoms with Crippen molar-refractivity contribution in [3.05, 3.63) is 5.89 Å². The Bertz CT molecular complexity index is 399. The lowest BCUT2D eigenvalue weighted by atomic mass is 9.71.